The van der Waals surface area contributed by atoms with Gasteiger partial charge in [-0.15, -0.1) is 0 Å². The van der Waals surface area contributed by atoms with Crippen molar-refractivity contribution in [1.29, 1.82) is 0 Å². The highest BCUT2D eigenvalue weighted by Crippen LogP contribution is 2.39. The van der Waals surface area contributed by atoms with Gasteiger partial charge in [0.05, 0.1) is 49.1 Å². The van der Waals surface area contributed by atoms with Crippen molar-refractivity contribution in [3.63, 3.8) is 0 Å². The SMILES string of the molecule is COc1cc2ncnc(Nc3cccc(Cl)c3F)c2cc1OC1CCN(C2COC2)CC1(F)F. The van der Waals surface area contributed by atoms with E-state index in [1.807, 2.05) is 0 Å². The van der Waals surface area contributed by atoms with Crippen LogP contribution in [0.5, 0.6) is 11.5 Å². The molecule has 2 saturated heterocycles. The number of alkyl halides is 2. The third-order valence-corrected chi connectivity index (χ3v) is 6.39. The quantitative estimate of drug-likeness (QED) is 0.534. The van der Waals surface area contributed by atoms with E-state index in [4.69, 9.17) is 25.8 Å². The van der Waals surface area contributed by atoms with Gasteiger partial charge in [0.2, 0.25) is 0 Å². The first-order valence-electron chi connectivity index (χ1n) is 10.8. The monoisotopic (exact) mass is 494 g/mol. The van der Waals surface area contributed by atoms with Gasteiger partial charge in [-0.1, -0.05) is 17.7 Å². The maximum Gasteiger partial charge on any atom is 0.296 e. The van der Waals surface area contributed by atoms with Crippen LogP contribution in [0.4, 0.5) is 24.7 Å². The number of ether oxygens (including phenoxy) is 3. The summed E-state index contributed by atoms with van der Waals surface area (Å²) in [6, 6.07) is 7.67. The molecule has 3 heterocycles. The second kappa shape index (κ2) is 9.09. The Morgan fingerprint density at radius 2 is 2.03 bits per heavy atom. The molecule has 1 atom stereocenters. The van der Waals surface area contributed by atoms with Crippen LogP contribution >= 0.6 is 11.6 Å². The van der Waals surface area contributed by atoms with Gasteiger partial charge in [0.1, 0.15) is 12.1 Å². The summed E-state index contributed by atoms with van der Waals surface area (Å²) in [5, 5.41) is 3.30. The highest BCUT2D eigenvalue weighted by atomic mass is 35.5. The van der Waals surface area contributed by atoms with Gasteiger partial charge in [0, 0.05) is 24.4 Å². The molecule has 5 rings (SSSR count). The maximum atomic E-state index is 15.0. The van der Waals surface area contributed by atoms with E-state index in [0.29, 0.717) is 30.7 Å². The van der Waals surface area contributed by atoms with E-state index in [1.165, 1.54) is 31.6 Å². The summed E-state index contributed by atoms with van der Waals surface area (Å²) in [5.74, 6) is -3.04. The van der Waals surface area contributed by atoms with Crippen LogP contribution < -0.4 is 14.8 Å². The average Bonchev–Trinajstić information content (AvgIpc) is 2.77. The van der Waals surface area contributed by atoms with Crippen molar-refractivity contribution >= 4 is 34.0 Å². The van der Waals surface area contributed by atoms with Crippen molar-refractivity contribution in [1.82, 2.24) is 14.9 Å². The first-order chi connectivity index (χ1) is 16.4. The van der Waals surface area contributed by atoms with Gasteiger partial charge in [-0.2, -0.15) is 0 Å². The molecule has 3 aromatic rings. The normalized spacial score (nSPS) is 20.7. The molecule has 0 aliphatic carbocycles. The Morgan fingerprint density at radius 3 is 2.74 bits per heavy atom. The lowest BCUT2D eigenvalue weighted by Gasteiger charge is -2.44. The summed E-state index contributed by atoms with van der Waals surface area (Å²) in [6.45, 7) is 1.03. The van der Waals surface area contributed by atoms with Gasteiger partial charge in [-0.05, 0) is 18.2 Å². The molecule has 1 unspecified atom stereocenters. The summed E-state index contributed by atoms with van der Waals surface area (Å²) >= 11 is 5.88. The topological polar surface area (TPSA) is 68.7 Å². The van der Waals surface area contributed by atoms with Crippen LogP contribution in [0.3, 0.4) is 0 Å². The Morgan fingerprint density at radius 1 is 1.21 bits per heavy atom. The predicted molar refractivity (Wildman–Crippen MR) is 121 cm³/mol. The molecule has 0 amide bonds. The fraction of sp³-hybridized carbons (Fsp3) is 0.391. The summed E-state index contributed by atoms with van der Waals surface area (Å²) in [4.78, 5) is 10.2. The van der Waals surface area contributed by atoms with E-state index in [-0.39, 0.29) is 40.5 Å². The average molecular weight is 495 g/mol. The number of fused-ring (bicyclic) bond motifs is 1. The van der Waals surface area contributed by atoms with Crippen molar-refractivity contribution in [3.05, 3.63) is 47.5 Å². The predicted octanol–water partition coefficient (Wildman–Crippen LogP) is 4.66. The summed E-state index contributed by atoms with van der Waals surface area (Å²) in [6.07, 6.45) is 0.123. The number of hydrogen-bond donors (Lipinski definition) is 1. The Hall–Kier alpha value is -2.82. The molecule has 2 aliphatic rings. The number of nitrogens with zero attached hydrogens (tertiary/aromatic N) is 3. The molecule has 1 aromatic heterocycles. The number of halogens is 4. The number of anilines is 2. The Balaban J connectivity index is 1.45. The summed E-state index contributed by atoms with van der Waals surface area (Å²) in [5.41, 5.74) is 0.584. The molecular formula is C23H22ClF3N4O3. The van der Waals surface area contributed by atoms with Crippen LogP contribution in [-0.2, 0) is 4.74 Å². The van der Waals surface area contributed by atoms with Crippen molar-refractivity contribution in [2.24, 2.45) is 0 Å². The number of methoxy groups -OCH3 is 1. The van der Waals surface area contributed by atoms with Crippen LogP contribution in [-0.4, -0.2) is 66.3 Å². The molecule has 180 valence electrons. The summed E-state index contributed by atoms with van der Waals surface area (Å²) < 4.78 is 60.7. The lowest BCUT2D eigenvalue weighted by atomic mass is 10.0. The van der Waals surface area contributed by atoms with E-state index in [9.17, 15) is 13.2 Å². The molecule has 0 saturated carbocycles. The van der Waals surface area contributed by atoms with Gasteiger partial charge >= 0.3 is 0 Å². The minimum Gasteiger partial charge on any atom is -0.493 e. The third-order valence-electron chi connectivity index (χ3n) is 6.09. The van der Waals surface area contributed by atoms with E-state index in [2.05, 4.69) is 15.3 Å². The fourth-order valence-electron chi connectivity index (χ4n) is 4.13. The number of hydrogen-bond acceptors (Lipinski definition) is 7. The van der Waals surface area contributed by atoms with Gasteiger partial charge in [0.15, 0.2) is 23.4 Å². The van der Waals surface area contributed by atoms with E-state index in [1.54, 1.807) is 17.0 Å². The number of aromatic nitrogens is 2. The third kappa shape index (κ3) is 4.33. The number of piperidine rings is 1. The van der Waals surface area contributed by atoms with E-state index < -0.39 is 24.4 Å². The lowest BCUT2D eigenvalue weighted by Crippen LogP contribution is -2.60. The second-order valence-electron chi connectivity index (χ2n) is 8.29. The van der Waals surface area contributed by atoms with Crippen LogP contribution in [0.1, 0.15) is 6.42 Å². The van der Waals surface area contributed by atoms with Crippen LogP contribution in [0.15, 0.2) is 36.7 Å². The zero-order valence-corrected chi connectivity index (χ0v) is 19.0. The van der Waals surface area contributed by atoms with Crippen LogP contribution in [0, 0.1) is 5.82 Å². The van der Waals surface area contributed by atoms with Crippen LogP contribution in [0.25, 0.3) is 10.9 Å². The molecule has 2 aliphatic heterocycles. The maximum absolute atomic E-state index is 15.0. The molecule has 34 heavy (non-hydrogen) atoms. The number of nitrogens with one attached hydrogen (secondary N) is 1. The largest absolute Gasteiger partial charge is 0.493 e. The zero-order valence-electron chi connectivity index (χ0n) is 18.2. The second-order valence-corrected chi connectivity index (χ2v) is 8.69. The Kier molecular flexibility index (Phi) is 6.13. The molecule has 7 nitrogen and oxygen atoms in total. The molecule has 2 fully saturated rings. The molecule has 0 bridgehead atoms. The highest BCUT2D eigenvalue weighted by Gasteiger charge is 2.48. The van der Waals surface area contributed by atoms with Crippen molar-refractivity contribution in [2.45, 2.75) is 24.5 Å². The molecule has 11 heteroatoms. The number of benzene rings is 2. The van der Waals surface area contributed by atoms with Gasteiger partial charge < -0.3 is 19.5 Å². The molecule has 0 spiro atoms. The highest BCUT2D eigenvalue weighted by molar-refractivity contribution is 6.31. The van der Waals surface area contributed by atoms with E-state index in [0.717, 1.165) is 0 Å². The van der Waals surface area contributed by atoms with Crippen molar-refractivity contribution in [2.75, 3.05) is 38.7 Å². The summed E-state index contributed by atoms with van der Waals surface area (Å²) in [7, 11) is 1.42. The minimum atomic E-state index is -3.06. The first-order valence-corrected chi connectivity index (χ1v) is 11.1. The van der Waals surface area contributed by atoms with Gasteiger partial charge in [0.25, 0.3) is 5.92 Å². The first kappa shape index (κ1) is 22.9. The van der Waals surface area contributed by atoms with Gasteiger partial charge in [-0.25, -0.2) is 23.1 Å². The molecular weight excluding hydrogens is 473 g/mol. The Bertz CT molecular complexity index is 1210. The Labute approximate surface area is 198 Å². The van der Waals surface area contributed by atoms with Crippen molar-refractivity contribution < 1.29 is 27.4 Å². The number of rotatable bonds is 6. The molecule has 1 N–H and O–H groups in total. The zero-order chi connectivity index (χ0) is 23.9. The lowest BCUT2D eigenvalue weighted by molar-refractivity contribution is -0.170. The fourth-order valence-corrected chi connectivity index (χ4v) is 4.31. The van der Waals surface area contributed by atoms with Crippen LogP contribution in [0.2, 0.25) is 5.02 Å². The standard InChI is InChI=1S/C23H22ClF3N4O3/c1-32-18-8-17-14(22(29-12-28-17)30-16-4-2-3-15(24)21(16)25)7-19(18)34-20-5-6-31(11-23(20,26)27)13-9-33-10-13/h2-4,7-8,12-13,20H,5-6,9-11H2,1H3,(H,28,29,30). The number of likely N-dealkylation sites (tertiary alicyclic amines) is 1. The molecule has 2 aromatic carbocycles. The minimum absolute atomic E-state index is 0.0275. The molecule has 0 radical (unpaired) electrons. The van der Waals surface area contributed by atoms with Gasteiger partial charge in [-0.3, -0.25) is 4.90 Å². The van der Waals surface area contributed by atoms with E-state index >= 15 is 0 Å². The smallest absolute Gasteiger partial charge is 0.296 e. The van der Waals surface area contributed by atoms with Crippen molar-refractivity contribution in [3.8, 4) is 11.5 Å².